The Kier molecular flexibility index (Phi) is 4.84. The molecule has 3 rings (SSSR count). The van der Waals surface area contributed by atoms with Crippen molar-refractivity contribution in [1.82, 2.24) is 20.1 Å². The number of pyridine rings is 1. The fourth-order valence-corrected chi connectivity index (χ4v) is 3.30. The van der Waals surface area contributed by atoms with Crippen LogP contribution in [0.25, 0.3) is 11.3 Å². The number of anilines is 1. The third-order valence-corrected chi connectivity index (χ3v) is 4.76. The molecule has 0 aromatic carbocycles. The van der Waals surface area contributed by atoms with Gasteiger partial charge in [0.05, 0.1) is 17.3 Å². The highest BCUT2D eigenvalue weighted by atomic mass is 35.5. The number of methoxy groups -OCH3 is 1. The van der Waals surface area contributed by atoms with Crippen molar-refractivity contribution < 1.29 is 4.74 Å². The van der Waals surface area contributed by atoms with Gasteiger partial charge in [-0.2, -0.15) is 5.10 Å². The zero-order chi connectivity index (χ0) is 16.4. The highest BCUT2D eigenvalue weighted by Gasteiger charge is 2.31. The number of aromatic amines is 1. The Labute approximate surface area is 141 Å². The molecule has 2 atom stereocenters. The van der Waals surface area contributed by atoms with Crippen LogP contribution in [0, 0.1) is 5.92 Å². The van der Waals surface area contributed by atoms with Crippen LogP contribution in [-0.4, -0.2) is 53.4 Å². The number of halogens is 1. The van der Waals surface area contributed by atoms with E-state index in [1.165, 1.54) is 0 Å². The highest BCUT2D eigenvalue weighted by Crippen LogP contribution is 2.33. The smallest absolute Gasteiger partial charge is 0.142 e. The standard InChI is InChI=1S/C16H22ClN5O/c1-10-8-22(3-4-23-2)9-12(10)15-6-14(20-21-15)11-5-13(17)16(18)19-7-11/h5-7,10,12H,3-4,8-9H2,1-2H3,(H2,18,19)(H,20,21)/t10?,12-/m1/s1. The number of ether oxygens (including phenoxy) is 1. The molecule has 2 aromatic heterocycles. The molecule has 3 N–H and O–H groups in total. The van der Waals surface area contributed by atoms with Gasteiger partial charge in [0.1, 0.15) is 5.82 Å². The number of hydrogen-bond acceptors (Lipinski definition) is 5. The molecule has 0 saturated carbocycles. The average Bonchev–Trinajstić information content (AvgIpc) is 3.14. The molecular formula is C16H22ClN5O. The largest absolute Gasteiger partial charge is 0.383 e. The Morgan fingerprint density at radius 1 is 1.43 bits per heavy atom. The molecule has 1 fully saturated rings. The molecule has 1 saturated heterocycles. The summed E-state index contributed by atoms with van der Waals surface area (Å²) < 4.78 is 5.17. The molecule has 0 radical (unpaired) electrons. The van der Waals surface area contributed by atoms with Gasteiger partial charge in [-0.15, -0.1) is 0 Å². The van der Waals surface area contributed by atoms with Crippen molar-refractivity contribution >= 4 is 17.4 Å². The molecule has 3 heterocycles. The fourth-order valence-electron chi connectivity index (χ4n) is 3.14. The third kappa shape index (κ3) is 3.49. The van der Waals surface area contributed by atoms with E-state index in [2.05, 4.69) is 33.1 Å². The number of nitrogens with two attached hydrogens (primary N) is 1. The van der Waals surface area contributed by atoms with Gasteiger partial charge < -0.3 is 15.4 Å². The number of likely N-dealkylation sites (tertiary alicyclic amines) is 1. The summed E-state index contributed by atoms with van der Waals surface area (Å²) in [5, 5.41) is 8.04. The van der Waals surface area contributed by atoms with Crippen molar-refractivity contribution in [3.8, 4) is 11.3 Å². The van der Waals surface area contributed by atoms with E-state index >= 15 is 0 Å². The van der Waals surface area contributed by atoms with E-state index in [0.717, 1.165) is 43.2 Å². The Balaban J connectivity index is 1.75. The van der Waals surface area contributed by atoms with Crippen LogP contribution in [0.1, 0.15) is 18.5 Å². The molecule has 7 heteroatoms. The van der Waals surface area contributed by atoms with Gasteiger partial charge in [0.15, 0.2) is 0 Å². The molecule has 0 bridgehead atoms. The topological polar surface area (TPSA) is 80.1 Å². The number of nitrogens with one attached hydrogen (secondary N) is 1. The second-order valence-electron chi connectivity index (χ2n) is 6.14. The molecule has 0 aliphatic carbocycles. The number of nitrogen functional groups attached to an aromatic ring is 1. The molecule has 2 aromatic rings. The summed E-state index contributed by atoms with van der Waals surface area (Å²) in [4.78, 5) is 6.52. The van der Waals surface area contributed by atoms with Crippen molar-refractivity contribution in [2.75, 3.05) is 39.1 Å². The van der Waals surface area contributed by atoms with E-state index in [0.29, 0.717) is 22.7 Å². The number of nitrogens with zero attached hydrogens (tertiary/aromatic N) is 3. The van der Waals surface area contributed by atoms with Crippen molar-refractivity contribution in [2.24, 2.45) is 5.92 Å². The van der Waals surface area contributed by atoms with Gasteiger partial charge in [-0.25, -0.2) is 4.98 Å². The van der Waals surface area contributed by atoms with Crippen LogP contribution >= 0.6 is 11.6 Å². The normalized spacial score (nSPS) is 21.9. The first-order chi connectivity index (χ1) is 11.1. The first-order valence-electron chi connectivity index (χ1n) is 7.76. The van der Waals surface area contributed by atoms with Crippen LogP contribution in [0.3, 0.4) is 0 Å². The summed E-state index contributed by atoms with van der Waals surface area (Å²) >= 11 is 6.04. The molecule has 0 amide bonds. The molecule has 1 aliphatic rings. The fraction of sp³-hybridized carbons (Fsp3) is 0.500. The minimum atomic E-state index is 0.337. The van der Waals surface area contributed by atoms with Crippen molar-refractivity contribution in [3.63, 3.8) is 0 Å². The number of hydrogen-bond donors (Lipinski definition) is 2. The SMILES string of the molecule is COCCN1CC(C)[C@H](c2cc(-c3cnc(N)c(Cl)c3)n[nH]2)C1. The first kappa shape index (κ1) is 16.2. The van der Waals surface area contributed by atoms with Crippen LogP contribution in [0.2, 0.25) is 5.02 Å². The lowest BCUT2D eigenvalue weighted by Crippen LogP contribution is -2.24. The minimum Gasteiger partial charge on any atom is -0.383 e. The summed E-state index contributed by atoms with van der Waals surface area (Å²) in [6.07, 6.45) is 1.70. The predicted octanol–water partition coefficient (Wildman–Crippen LogP) is 2.39. The Morgan fingerprint density at radius 3 is 3.00 bits per heavy atom. The van der Waals surface area contributed by atoms with Gasteiger partial charge in [0, 0.05) is 50.1 Å². The minimum absolute atomic E-state index is 0.337. The first-order valence-corrected chi connectivity index (χ1v) is 8.14. The third-order valence-electron chi connectivity index (χ3n) is 4.46. The zero-order valence-corrected chi connectivity index (χ0v) is 14.2. The maximum atomic E-state index is 6.04. The van der Waals surface area contributed by atoms with E-state index < -0.39 is 0 Å². The van der Waals surface area contributed by atoms with Crippen LogP contribution in [0.15, 0.2) is 18.3 Å². The van der Waals surface area contributed by atoms with Gasteiger partial charge >= 0.3 is 0 Å². The summed E-state index contributed by atoms with van der Waals surface area (Å²) in [5.74, 6) is 1.36. The quantitative estimate of drug-likeness (QED) is 0.877. The molecule has 124 valence electrons. The van der Waals surface area contributed by atoms with Gasteiger partial charge in [0.25, 0.3) is 0 Å². The lowest BCUT2D eigenvalue weighted by Gasteiger charge is -2.14. The van der Waals surface area contributed by atoms with E-state index in [4.69, 9.17) is 22.1 Å². The lowest BCUT2D eigenvalue weighted by atomic mass is 9.94. The van der Waals surface area contributed by atoms with Crippen molar-refractivity contribution in [1.29, 1.82) is 0 Å². The molecular weight excluding hydrogens is 314 g/mol. The van der Waals surface area contributed by atoms with Crippen LogP contribution in [0.4, 0.5) is 5.82 Å². The van der Waals surface area contributed by atoms with Crippen LogP contribution < -0.4 is 5.73 Å². The van der Waals surface area contributed by atoms with Gasteiger partial charge in [-0.05, 0) is 18.1 Å². The number of H-pyrrole nitrogens is 1. The number of aromatic nitrogens is 3. The monoisotopic (exact) mass is 335 g/mol. The molecule has 0 spiro atoms. The Bertz CT molecular complexity index is 674. The van der Waals surface area contributed by atoms with Crippen molar-refractivity contribution in [3.05, 3.63) is 29.0 Å². The van der Waals surface area contributed by atoms with E-state index in [1.807, 2.05) is 0 Å². The van der Waals surface area contributed by atoms with E-state index in [9.17, 15) is 0 Å². The Hall–Kier alpha value is -1.63. The van der Waals surface area contributed by atoms with Gasteiger partial charge in [0.2, 0.25) is 0 Å². The highest BCUT2D eigenvalue weighted by molar-refractivity contribution is 6.33. The van der Waals surface area contributed by atoms with Crippen LogP contribution in [0.5, 0.6) is 0 Å². The number of rotatable bonds is 5. The lowest BCUT2D eigenvalue weighted by molar-refractivity contribution is 0.159. The Morgan fingerprint density at radius 2 is 2.26 bits per heavy atom. The second kappa shape index (κ2) is 6.86. The van der Waals surface area contributed by atoms with Crippen molar-refractivity contribution in [2.45, 2.75) is 12.8 Å². The molecule has 1 unspecified atom stereocenters. The van der Waals surface area contributed by atoms with Crippen LogP contribution in [-0.2, 0) is 4.74 Å². The molecule has 23 heavy (non-hydrogen) atoms. The van der Waals surface area contributed by atoms with Gasteiger partial charge in [-0.3, -0.25) is 5.10 Å². The summed E-state index contributed by atoms with van der Waals surface area (Å²) in [6.45, 7) is 6.11. The average molecular weight is 336 g/mol. The maximum Gasteiger partial charge on any atom is 0.142 e. The van der Waals surface area contributed by atoms with E-state index in [-0.39, 0.29) is 0 Å². The summed E-state index contributed by atoms with van der Waals surface area (Å²) in [5.41, 5.74) is 8.52. The maximum absolute atomic E-state index is 6.04. The van der Waals surface area contributed by atoms with E-state index in [1.54, 1.807) is 19.4 Å². The predicted molar refractivity (Wildman–Crippen MR) is 91.5 cm³/mol. The summed E-state index contributed by atoms with van der Waals surface area (Å²) in [6, 6.07) is 3.89. The van der Waals surface area contributed by atoms with Gasteiger partial charge in [-0.1, -0.05) is 18.5 Å². The summed E-state index contributed by atoms with van der Waals surface area (Å²) in [7, 11) is 1.74. The zero-order valence-electron chi connectivity index (χ0n) is 13.4. The molecule has 6 nitrogen and oxygen atoms in total. The molecule has 1 aliphatic heterocycles. The second-order valence-corrected chi connectivity index (χ2v) is 6.54.